The molecule has 2 aromatic carbocycles. The van der Waals surface area contributed by atoms with E-state index in [1.165, 1.54) is 0 Å². The summed E-state index contributed by atoms with van der Waals surface area (Å²) in [6, 6.07) is 13.5. The van der Waals surface area contributed by atoms with Crippen molar-refractivity contribution < 1.29 is 4.74 Å². The zero-order chi connectivity index (χ0) is 13.1. The number of nitrogens with two attached hydrogens (primary N) is 1. The molecule has 0 bridgehead atoms. The summed E-state index contributed by atoms with van der Waals surface area (Å²) in [6.45, 7) is 3.95. The van der Waals surface area contributed by atoms with Gasteiger partial charge in [-0.1, -0.05) is 29.8 Å². The first-order valence-electron chi connectivity index (χ1n) is 5.86. The third-order valence-corrected chi connectivity index (χ3v) is 3.03. The van der Waals surface area contributed by atoms with Crippen molar-refractivity contribution >= 4 is 11.6 Å². The Bertz CT molecular complexity index is 535. The highest BCUT2D eigenvalue weighted by molar-refractivity contribution is 6.32. The molecule has 18 heavy (non-hydrogen) atoms. The summed E-state index contributed by atoms with van der Waals surface area (Å²) in [7, 11) is 0. The summed E-state index contributed by atoms with van der Waals surface area (Å²) < 4.78 is 5.75. The Labute approximate surface area is 112 Å². The number of aryl methyl sites for hydroxylation is 1. The van der Waals surface area contributed by atoms with Crippen LogP contribution in [0.4, 0.5) is 0 Å². The predicted octanol–water partition coefficient (Wildman–Crippen LogP) is 4.46. The highest BCUT2D eigenvalue weighted by Gasteiger charge is 2.04. The van der Waals surface area contributed by atoms with Crippen LogP contribution in [0.5, 0.6) is 11.5 Å². The van der Waals surface area contributed by atoms with Crippen LogP contribution >= 0.6 is 11.6 Å². The Morgan fingerprint density at radius 1 is 1.11 bits per heavy atom. The van der Waals surface area contributed by atoms with Crippen LogP contribution in [0.3, 0.4) is 0 Å². The van der Waals surface area contributed by atoms with E-state index in [1.54, 1.807) is 0 Å². The van der Waals surface area contributed by atoms with Crippen LogP contribution in [0.25, 0.3) is 0 Å². The average molecular weight is 262 g/mol. The molecular formula is C15H16ClNO. The van der Waals surface area contributed by atoms with Gasteiger partial charge in [0, 0.05) is 6.04 Å². The van der Waals surface area contributed by atoms with Crippen molar-refractivity contribution in [3.05, 3.63) is 58.6 Å². The molecule has 0 amide bonds. The molecule has 0 heterocycles. The predicted molar refractivity (Wildman–Crippen MR) is 75.3 cm³/mol. The molecule has 0 aliphatic carbocycles. The van der Waals surface area contributed by atoms with Crippen LogP contribution < -0.4 is 10.5 Å². The molecular weight excluding hydrogens is 246 g/mol. The van der Waals surface area contributed by atoms with Gasteiger partial charge in [-0.05, 0) is 49.2 Å². The van der Waals surface area contributed by atoms with Crippen LogP contribution in [0, 0.1) is 6.92 Å². The molecule has 0 aliphatic rings. The normalized spacial score (nSPS) is 12.2. The molecule has 2 N–H and O–H groups in total. The van der Waals surface area contributed by atoms with Gasteiger partial charge in [0.1, 0.15) is 11.5 Å². The number of hydrogen-bond donors (Lipinski definition) is 1. The van der Waals surface area contributed by atoms with Gasteiger partial charge in [0.2, 0.25) is 0 Å². The number of halogens is 1. The maximum absolute atomic E-state index is 6.08. The number of benzene rings is 2. The molecule has 0 saturated heterocycles. The molecule has 0 spiro atoms. The van der Waals surface area contributed by atoms with Gasteiger partial charge in [0.25, 0.3) is 0 Å². The minimum atomic E-state index is 0.0293. The van der Waals surface area contributed by atoms with Gasteiger partial charge < -0.3 is 10.5 Å². The molecule has 2 aromatic rings. The van der Waals surface area contributed by atoms with Crippen molar-refractivity contribution in [2.45, 2.75) is 19.9 Å². The van der Waals surface area contributed by atoms with Crippen LogP contribution in [0.1, 0.15) is 24.1 Å². The third kappa shape index (κ3) is 3.03. The first-order valence-corrected chi connectivity index (χ1v) is 6.23. The number of rotatable bonds is 3. The number of hydrogen-bond acceptors (Lipinski definition) is 2. The van der Waals surface area contributed by atoms with Crippen molar-refractivity contribution in [1.82, 2.24) is 0 Å². The summed E-state index contributed by atoms with van der Waals surface area (Å²) in [6.07, 6.45) is 0. The SMILES string of the molecule is Cc1ccc(Cl)c(Oc2ccc(C(C)N)cc2)c1. The molecule has 0 fully saturated rings. The standard InChI is InChI=1S/C15H16ClNO/c1-10-3-8-14(16)15(9-10)18-13-6-4-12(5-7-13)11(2)17/h3-9,11H,17H2,1-2H3. The van der Waals surface area contributed by atoms with Crippen LogP contribution in [0.15, 0.2) is 42.5 Å². The second-order valence-electron chi connectivity index (χ2n) is 4.39. The second kappa shape index (κ2) is 5.42. The first-order chi connectivity index (χ1) is 8.56. The van der Waals surface area contributed by atoms with E-state index in [2.05, 4.69) is 0 Å². The molecule has 0 aliphatic heterocycles. The second-order valence-corrected chi connectivity index (χ2v) is 4.80. The molecule has 0 radical (unpaired) electrons. The van der Waals surface area contributed by atoms with Gasteiger partial charge in [-0.2, -0.15) is 0 Å². The molecule has 1 atom stereocenters. The largest absolute Gasteiger partial charge is 0.456 e. The van der Waals surface area contributed by atoms with E-state index in [1.807, 2.05) is 56.3 Å². The quantitative estimate of drug-likeness (QED) is 0.885. The molecule has 2 nitrogen and oxygen atoms in total. The van der Waals surface area contributed by atoms with Crippen molar-refractivity contribution in [3.8, 4) is 11.5 Å². The molecule has 0 aromatic heterocycles. The van der Waals surface area contributed by atoms with Gasteiger partial charge in [0.05, 0.1) is 5.02 Å². The van der Waals surface area contributed by atoms with Gasteiger partial charge in [-0.15, -0.1) is 0 Å². The van der Waals surface area contributed by atoms with E-state index in [4.69, 9.17) is 22.1 Å². The Morgan fingerprint density at radius 2 is 1.78 bits per heavy atom. The Morgan fingerprint density at radius 3 is 2.39 bits per heavy atom. The zero-order valence-corrected chi connectivity index (χ0v) is 11.2. The van der Waals surface area contributed by atoms with E-state index in [0.29, 0.717) is 10.8 Å². The van der Waals surface area contributed by atoms with Gasteiger partial charge in [0.15, 0.2) is 0 Å². The fraction of sp³-hybridized carbons (Fsp3) is 0.200. The van der Waals surface area contributed by atoms with E-state index in [-0.39, 0.29) is 6.04 Å². The van der Waals surface area contributed by atoms with Crippen molar-refractivity contribution in [3.63, 3.8) is 0 Å². The summed E-state index contributed by atoms with van der Waals surface area (Å²) in [5.41, 5.74) is 7.99. The summed E-state index contributed by atoms with van der Waals surface area (Å²) >= 11 is 6.08. The number of ether oxygens (including phenoxy) is 1. The topological polar surface area (TPSA) is 35.2 Å². The summed E-state index contributed by atoms with van der Waals surface area (Å²) in [4.78, 5) is 0. The molecule has 2 rings (SSSR count). The van der Waals surface area contributed by atoms with Crippen molar-refractivity contribution in [2.75, 3.05) is 0 Å². The van der Waals surface area contributed by atoms with Crippen LogP contribution in [-0.2, 0) is 0 Å². The monoisotopic (exact) mass is 261 g/mol. The summed E-state index contributed by atoms with van der Waals surface area (Å²) in [5, 5.41) is 0.608. The lowest BCUT2D eigenvalue weighted by Gasteiger charge is -2.10. The highest BCUT2D eigenvalue weighted by Crippen LogP contribution is 2.30. The highest BCUT2D eigenvalue weighted by atomic mass is 35.5. The molecule has 94 valence electrons. The van der Waals surface area contributed by atoms with E-state index < -0.39 is 0 Å². The van der Waals surface area contributed by atoms with Gasteiger partial charge in [-0.25, -0.2) is 0 Å². The van der Waals surface area contributed by atoms with E-state index >= 15 is 0 Å². The van der Waals surface area contributed by atoms with Gasteiger partial charge in [-0.3, -0.25) is 0 Å². The molecule has 3 heteroatoms. The Hall–Kier alpha value is -1.51. The fourth-order valence-corrected chi connectivity index (χ4v) is 1.81. The maximum atomic E-state index is 6.08. The smallest absolute Gasteiger partial charge is 0.146 e. The summed E-state index contributed by atoms with van der Waals surface area (Å²) in [5.74, 6) is 1.43. The minimum Gasteiger partial charge on any atom is -0.456 e. The van der Waals surface area contributed by atoms with Crippen molar-refractivity contribution in [2.24, 2.45) is 5.73 Å². The lowest BCUT2D eigenvalue weighted by Crippen LogP contribution is -2.04. The van der Waals surface area contributed by atoms with Crippen LogP contribution in [-0.4, -0.2) is 0 Å². The fourth-order valence-electron chi connectivity index (χ4n) is 1.66. The van der Waals surface area contributed by atoms with E-state index in [9.17, 15) is 0 Å². The lowest BCUT2D eigenvalue weighted by atomic mass is 10.1. The Balaban J connectivity index is 2.21. The molecule has 1 unspecified atom stereocenters. The van der Waals surface area contributed by atoms with E-state index in [0.717, 1.165) is 16.9 Å². The van der Waals surface area contributed by atoms with Crippen molar-refractivity contribution in [1.29, 1.82) is 0 Å². The zero-order valence-electron chi connectivity index (χ0n) is 10.5. The third-order valence-electron chi connectivity index (χ3n) is 2.72. The Kier molecular flexibility index (Phi) is 3.90. The maximum Gasteiger partial charge on any atom is 0.146 e. The van der Waals surface area contributed by atoms with Gasteiger partial charge >= 0.3 is 0 Å². The average Bonchev–Trinajstić information content (AvgIpc) is 2.34. The lowest BCUT2D eigenvalue weighted by molar-refractivity contribution is 0.482. The molecule has 0 saturated carbocycles. The first kappa shape index (κ1) is 12.9. The van der Waals surface area contributed by atoms with Crippen LogP contribution in [0.2, 0.25) is 5.02 Å². The minimum absolute atomic E-state index is 0.0293.